The lowest BCUT2D eigenvalue weighted by atomic mass is 10.1. The molecule has 0 aliphatic rings. The van der Waals surface area contributed by atoms with Crippen molar-refractivity contribution >= 4 is 17.6 Å². The zero-order chi connectivity index (χ0) is 17.2. The molecule has 2 heterocycles. The van der Waals surface area contributed by atoms with E-state index in [2.05, 4.69) is 25.5 Å². The molecule has 0 radical (unpaired) electrons. The van der Waals surface area contributed by atoms with Gasteiger partial charge in [-0.25, -0.2) is 0 Å². The zero-order valence-electron chi connectivity index (χ0n) is 14.1. The van der Waals surface area contributed by atoms with Gasteiger partial charge in [0.2, 0.25) is 0 Å². The molecule has 5 nitrogen and oxygen atoms in total. The van der Waals surface area contributed by atoms with Gasteiger partial charge in [0.1, 0.15) is 0 Å². The minimum atomic E-state index is 0.839. The third kappa shape index (κ3) is 4.71. The first-order valence-electron chi connectivity index (χ1n) is 7.88. The second kappa shape index (κ2) is 9.15. The Hall–Kier alpha value is -3.08. The lowest BCUT2D eigenvalue weighted by Gasteiger charge is -2.07. The minimum absolute atomic E-state index is 0.839. The van der Waals surface area contributed by atoms with Gasteiger partial charge in [-0.05, 0) is 36.4 Å². The maximum atomic E-state index is 4.30. The first-order valence-corrected chi connectivity index (χ1v) is 7.88. The molecule has 3 aromatic rings. The Morgan fingerprint density at radius 3 is 2.29 bits per heavy atom. The van der Waals surface area contributed by atoms with E-state index in [4.69, 9.17) is 0 Å². The van der Waals surface area contributed by atoms with Crippen molar-refractivity contribution in [1.29, 1.82) is 0 Å². The van der Waals surface area contributed by atoms with Crippen LogP contribution < -0.4 is 5.32 Å². The molecule has 1 N–H and O–H groups in total. The molecular formula is C19H21N5. The molecule has 0 saturated carbocycles. The molecule has 3 rings (SSSR count). The van der Waals surface area contributed by atoms with E-state index in [1.807, 2.05) is 62.4 Å². The summed E-state index contributed by atoms with van der Waals surface area (Å²) in [5.74, 6) is 0. The van der Waals surface area contributed by atoms with E-state index in [1.165, 1.54) is 0 Å². The van der Waals surface area contributed by atoms with Crippen molar-refractivity contribution < 1.29 is 0 Å². The molecular weight excluding hydrogens is 298 g/mol. The molecule has 5 heteroatoms. The van der Waals surface area contributed by atoms with E-state index < -0.39 is 0 Å². The Kier molecular flexibility index (Phi) is 6.58. The van der Waals surface area contributed by atoms with Gasteiger partial charge in [0.25, 0.3) is 0 Å². The van der Waals surface area contributed by atoms with Crippen LogP contribution in [0.4, 0.5) is 11.4 Å². The number of rotatable bonds is 4. The van der Waals surface area contributed by atoms with Gasteiger partial charge in [-0.3, -0.25) is 9.98 Å². The standard InChI is InChI=1S/C17H15N5.C2H6/c1-18-11-15-8-9-16(12-19-15)21-14-6-4-13(5-7-14)17-3-2-10-20-22-17;1-2/h2-12,21H,1H3;1-2H3. The predicted octanol–water partition coefficient (Wildman–Crippen LogP) is 4.36. The summed E-state index contributed by atoms with van der Waals surface area (Å²) in [5, 5.41) is 11.3. The topological polar surface area (TPSA) is 63.1 Å². The fourth-order valence-corrected chi connectivity index (χ4v) is 2.03. The monoisotopic (exact) mass is 319 g/mol. The predicted molar refractivity (Wildman–Crippen MR) is 99.9 cm³/mol. The average molecular weight is 319 g/mol. The van der Waals surface area contributed by atoms with Crippen LogP contribution in [-0.2, 0) is 0 Å². The molecule has 0 spiro atoms. The normalized spacial score (nSPS) is 10.1. The van der Waals surface area contributed by atoms with E-state index >= 15 is 0 Å². The lowest BCUT2D eigenvalue weighted by molar-refractivity contribution is 1.04. The zero-order valence-corrected chi connectivity index (χ0v) is 14.1. The summed E-state index contributed by atoms with van der Waals surface area (Å²) in [6, 6.07) is 15.7. The summed E-state index contributed by atoms with van der Waals surface area (Å²) < 4.78 is 0. The minimum Gasteiger partial charge on any atom is -0.354 e. The molecule has 1 aromatic carbocycles. The maximum absolute atomic E-state index is 4.30. The molecule has 0 amide bonds. The molecule has 0 unspecified atom stereocenters. The Bertz CT molecular complexity index is 750. The lowest BCUT2D eigenvalue weighted by Crippen LogP contribution is -1.93. The largest absolute Gasteiger partial charge is 0.354 e. The van der Waals surface area contributed by atoms with Crippen molar-refractivity contribution in [1.82, 2.24) is 15.2 Å². The maximum Gasteiger partial charge on any atom is 0.0929 e. The number of hydrogen-bond donors (Lipinski definition) is 1. The van der Waals surface area contributed by atoms with E-state index in [0.29, 0.717) is 0 Å². The molecule has 0 saturated heterocycles. The van der Waals surface area contributed by atoms with Crippen LogP contribution in [0.2, 0.25) is 0 Å². The van der Waals surface area contributed by atoms with E-state index in [9.17, 15) is 0 Å². The number of aliphatic imine (C=N–C) groups is 1. The van der Waals surface area contributed by atoms with Crippen LogP contribution in [0, 0.1) is 0 Å². The van der Waals surface area contributed by atoms with Gasteiger partial charge in [-0.15, -0.1) is 0 Å². The SMILES string of the molecule is CC.CN=Cc1ccc(Nc2ccc(-c3cccnn3)cc2)cn1. The molecule has 2 aromatic heterocycles. The number of aromatic nitrogens is 3. The fourth-order valence-electron chi connectivity index (χ4n) is 2.03. The smallest absolute Gasteiger partial charge is 0.0929 e. The second-order valence-electron chi connectivity index (χ2n) is 4.67. The van der Waals surface area contributed by atoms with Gasteiger partial charge in [0.15, 0.2) is 0 Å². The molecule has 0 bridgehead atoms. The van der Waals surface area contributed by atoms with Gasteiger partial charge in [-0.1, -0.05) is 26.0 Å². The third-order valence-electron chi connectivity index (χ3n) is 3.09. The van der Waals surface area contributed by atoms with Gasteiger partial charge in [0, 0.05) is 30.7 Å². The van der Waals surface area contributed by atoms with Gasteiger partial charge >= 0.3 is 0 Å². The second-order valence-corrected chi connectivity index (χ2v) is 4.67. The quantitative estimate of drug-likeness (QED) is 0.726. The van der Waals surface area contributed by atoms with Gasteiger partial charge in [0.05, 0.1) is 23.3 Å². The van der Waals surface area contributed by atoms with Crippen molar-refractivity contribution in [2.45, 2.75) is 13.8 Å². The summed E-state index contributed by atoms with van der Waals surface area (Å²) in [5.41, 5.74) is 4.66. The summed E-state index contributed by atoms with van der Waals surface area (Å²) in [4.78, 5) is 8.24. The van der Waals surface area contributed by atoms with Crippen LogP contribution in [0.1, 0.15) is 19.5 Å². The highest BCUT2D eigenvalue weighted by molar-refractivity contribution is 5.77. The first-order chi connectivity index (χ1) is 11.8. The van der Waals surface area contributed by atoms with Crippen LogP contribution in [0.5, 0.6) is 0 Å². The average Bonchev–Trinajstić information content (AvgIpc) is 2.67. The summed E-state index contributed by atoms with van der Waals surface area (Å²) in [6.45, 7) is 4.00. The van der Waals surface area contributed by atoms with Crippen molar-refractivity contribution in [3.05, 3.63) is 66.6 Å². The highest BCUT2D eigenvalue weighted by Gasteiger charge is 2.00. The van der Waals surface area contributed by atoms with Gasteiger partial charge < -0.3 is 5.32 Å². The molecule has 0 fully saturated rings. The van der Waals surface area contributed by atoms with Crippen LogP contribution in [-0.4, -0.2) is 28.4 Å². The number of nitrogens with zero attached hydrogens (tertiary/aromatic N) is 4. The number of pyridine rings is 1. The van der Waals surface area contributed by atoms with Crippen LogP contribution >= 0.6 is 0 Å². The summed E-state index contributed by atoms with van der Waals surface area (Å²) in [7, 11) is 1.73. The number of hydrogen-bond acceptors (Lipinski definition) is 5. The van der Waals surface area contributed by atoms with Crippen LogP contribution in [0.25, 0.3) is 11.3 Å². The van der Waals surface area contributed by atoms with E-state index in [0.717, 1.165) is 28.3 Å². The molecule has 24 heavy (non-hydrogen) atoms. The van der Waals surface area contributed by atoms with Crippen molar-refractivity contribution in [2.75, 3.05) is 12.4 Å². The molecule has 0 aliphatic heterocycles. The van der Waals surface area contributed by atoms with E-state index in [1.54, 1.807) is 25.7 Å². The third-order valence-corrected chi connectivity index (χ3v) is 3.09. The van der Waals surface area contributed by atoms with Crippen molar-refractivity contribution in [2.24, 2.45) is 4.99 Å². The Morgan fingerprint density at radius 1 is 0.958 bits per heavy atom. The molecule has 0 atom stereocenters. The Labute approximate surface area is 142 Å². The summed E-state index contributed by atoms with van der Waals surface area (Å²) >= 11 is 0. The van der Waals surface area contributed by atoms with Crippen molar-refractivity contribution in [3.8, 4) is 11.3 Å². The Morgan fingerprint density at radius 2 is 1.71 bits per heavy atom. The highest BCUT2D eigenvalue weighted by Crippen LogP contribution is 2.21. The Balaban J connectivity index is 0.00000100. The van der Waals surface area contributed by atoms with Crippen molar-refractivity contribution in [3.63, 3.8) is 0 Å². The molecule has 0 aliphatic carbocycles. The van der Waals surface area contributed by atoms with E-state index in [-0.39, 0.29) is 0 Å². The van der Waals surface area contributed by atoms with Crippen LogP contribution in [0.15, 0.2) is 65.9 Å². The summed E-state index contributed by atoms with van der Waals surface area (Å²) in [6.07, 6.45) is 5.17. The fraction of sp³-hybridized carbons (Fsp3) is 0.158. The number of anilines is 2. The first kappa shape index (κ1) is 17.3. The number of benzene rings is 1. The molecule has 122 valence electrons. The highest BCUT2D eigenvalue weighted by atomic mass is 15.1. The van der Waals surface area contributed by atoms with Crippen LogP contribution in [0.3, 0.4) is 0 Å². The number of nitrogens with one attached hydrogen (secondary N) is 1. The van der Waals surface area contributed by atoms with Gasteiger partial charge in [-0.2, -0.15) is 10.2 Å².